The maximum absolute atomic E-state index is 11.7. The van der Waals surface area contributed by atoms with Crippen LogP contribution in [0.15, 0.2) is 47.5 Å². The molecule has 2 aromatic rings. The number of anilines is 1. The molecular formula is C19H25N5O2. The summed E-state index contributed by atoms with van der Waals surface area (Å²) in [7, 11) is 1.69. The molecule has 26 heavy (non-hydrogen) atoms. The highest BCUT2D eigenvalue weighted by atomic mass is 16.5. The van der Waals surface area contributed by atoms with Gasteiger partial charge in [0.2, 0.25) is 0 Å². The van der Waals surface area contributed by atoms with Crippen molar-refractivity contribution in [1.29, 1.82) is 0 Å². The minimum Gasteiger partial charge on any atom is -0.497 e. The van der Waals surface area contributed by atoms with Gasteiger partial charge in [0.1, 0.15) is 12.1 Å². The molecule has 7 heteroatoms. The quantitative estimate of drug-likeness (QED) is 0.845. The number of rotatable bonds is 4. The molecule has 1 aliphatic carbocycles. The number of methoxy groups -OCH3 is 1. The molecule has 0 unspecified atom stereocenters. The molecule has 1 aromatic carbocycles. The van der Waals surface area contributed by atoms with E-state index in [1.807, 2.05) is 12.1 Å². The van der Waals surface area contributed by atoms with Crippen molar-refractivity contribution in [2.45, 2.75) is 24.9 Å². The molecule has 0 saturated carbocycles. The van der Waals surface area contributed by atoms with Crippen LogP contribution in [-0.2, 0) is 0 Å². The van der Waals surface area contributed by atoms with Gasteiger partial charge in [-0.25, -0.2) is 9.89 Å². The van der Waals surface area contributed by atoms with Crippen LogP contribution in [0.5, 0.6) is 5.75 Å². The summed E-state index contributed by atoms with van der Waals surface area (Å²) in [5, 5.41) is 6.29. The van der Waals surface area contributed by atoms with Crippen molar-refractivity contribution in [2.24, 2.45) is 0 Å². The second-order valence-electron chi connectivity index (χ2n) is 6.89. The largest absolute Gasteiger partial charge is 0.497 e. The number of nitrogens with zero attached hydrogens (tertiary/aromatic N) is 4. The number of allylic oxidation sites excluding steroid dienone is 1. The lowest BCUT2D eigenvalue weighted by Crippen LogP contribution is -2.50. The number of aromatic nitrogens is 3. The third-order valence-corrected chi connectivity index (χ3v) is 5.47. The van der Waals surface area contributed by atoms with E-state index in [4.69, 9.17) is 4.74 Å². The molecule has 1 N–H and O–H groups in total. The smallest absolute Gasteiger partial charge is 0.343 e. The van der Waals surface area contributed by atoms with Crippen LogP contribution in [0.2, 0.25) is 0 Å². The fraction of sp³-hybridized carbons (Fsp3) is 0.474. The van der Waals surface area contributed by atoms with Crippen LogP contribution in [0, 0.1) is 0 Å². The summed E-state index contributed by atoms with van der Waals surface area (Å²) < 4.78 is 6.91. The van der Waals surface area contributed by atoms with Gasteiger partial charge in [-0.3, -0.25) is 9.47 Å². The molecule has 4 rings (SSSR count). The van der Waals surface area contributed by atoms with Gasteiger partial charge in [0, 0.05) is 37.9 Å². The van der Waals surface area contributed by atoms with Crippen molar-refractivity contribution < 1.29 is 4.74 Å². The number of benzene rings is 1. The van der Waals surface area contributed by atoms with Crippen LogP contribution in [-0.4, -0.2) is 59.0 Å². The van der Waals surface area contributed by atoms with Gasteiger partial charge in [-0.05, 0) is 37.1 Å². The maximum atomic E-state index is 11.7. The first-order chi connectivity index (χ1) is 12.7. The number of piperazine rings is 1. The molecule has 138 valence electrons. The Hall–Kier alpha value is -2.54. The second-order valence-corrected chi connectivity index (χ2v) is 6.89. The zero-order valence-corrected chi connectivity index (χ0v) is 15.0. The van der Waals surface area contributed by atoms with Gasteiger partial charge in [0.15, 0.2) is 0 Å². The minimum atomic E-state index is -0.133. The van der Waals surface area contributed by atoms with Gasteiger partial charge >= 0.3 is 5.69 Å². The summed E-state index contributed by atoms with van der Waals surface area (Å²) in [6, 6.07) is 8.88. The van der Waals surface area contributed by atoms with Crippen molar-refractivity contribution in [1.82, 2.24) is 19.7 Å². The third kappa shape index (κ3) is 3.39. The van der Waals surface area contributed by atoms with E-state index < -0.39 is 0 Å². The molecule has 0 bridgehead atoms. The fourth-order valence-corrected chi connectivity index (χ4v) is 3.92. The average molecular weight is 355 g/mol. The molecule has 1 aromatic heterocycles. The Morgan fingerprint density at radius 3 is 2.31 bits per heavy atom. The summed E-state index contributed by atoms with van der Waals surface area (Å²) in [6.45, 7) is 4.16. The monoisotopic (exact) mass is 355 g/mol. The van der Waals surface area contributed by atoms with Gasteiger partial charge in [-0.15, -0.1) is 0 Å². The highest BCUT2D eigenvalue weighted by Gasteiger charge is 2.26. The molecule has 2 aliphatic rings. The first-order valence-electron chi connectivity index (χ1n) is 9.17. The Morgan fingerprint density at radius 2 is 1.73 bits per heavy atom. The summed E-state index contributed by atoms with van der Waals surface area (Å²) in [5.41, 5.74) is 1.12. The fourth-order valence-electron chi connectivity index (χ4n) is 3.92. The lowest BCUT2D eigenvalue weighted by molar-refractivity contribution is 0.195. The second kappa shape index (κ2) is 7.37. The molecule has 0 spiro atoms. The molecule has 0 amide bonds. The predicted molar refractivity (Wildman–Crippen MR) is 101 cm³/mol. The van der Waals surface area contributed by atoms with E-state index in [1.54, 1.807) is 18.0 Å². The molecule has 1 fully saturated rings. The van der Waals surface area contributed by atoms with Crippen LogP contribution in [0.25, 0.3) is 0 Å². The van der Waals surface area contributed by atoms with Gasteiger partial charge in [0.05, 0.1) is 13.2 Å². The Kier molecular flexibility index (Phi) is 4.79. The first kappa shape index (κ1) is 16.9. The number of ether oxygens (including phenoxy) is 1. The summed E-state index contributed by atoms with van der Waals surface area (Å²) in [4.78, 5) is 16.7. The van der Waals surface area contributed by atoms with Crippen LogP contribution >= 0.6 is 0 Å². The summed E-state index contributed by atoms with van der Waals surface area (Å²) >= 11 is 0. The minimum absolute atomic E-state index is 0.123. The SMILES string of the molecule is COc1ccc(N2CCN([C@@H]3C=C[C@@H](n4cn[nH]c4=O)CC3)CC2)cc1. The lowest BCUT2D eigenvalue weighted by atomic mass is 9.96. The number of hydrogen-bond acceptors (Lipinski definition) is 5. The van der Waals surface area contributed by atoms with E-state index >= 15 is 0 Å². The van der Waals surface area contributed by atoms with Gasteiger partial charge in [-0.2, -0.15) is 5.10 Å². The Bertz CT molecular complexity index is 802. The van der Waals surface area contributed by atoms with Crippen LogP contribution in [0.4, 0.5) is 5.69 Å². The van der Waals surface area contributed by atoms with E-state index in [1.165, 1.54) is 5.69 Å². The van der Waals surface area contributed by atoms with Crippen molar-refractivity contribution in [3.63, 3.8) is 0 Å². The van der Waals surface area contributed by atoms with Crippen LogP contribution in [0.3, 0.4) is 0 Å². The first-order valence-corrected chi connectivity index (χ1v) is 9.17. The van der Waals surface area contributed by atoms with E-state index in [-0.39, 0.29) is 11.7 Å². The number of H-pyrrole nitrogens is 1. The molecule has 0 radical (unpaired) electrons. The van der Waals surface area contributed by atoms with Gasteiger partial charge < -0.3 is 9.64 Å². The van der Waals surface area contributed by atoms with Crippen molar-refractivity contribution in [3.05, 3.63) is 53.2 Å². The van der Waals surface area contributed by atoms with Crippen molar-refractivity contribution in [3.8, 4) is 5.75 Å². The summed E-state index contributed by atoms with van der Waals surface area (Å²) in [6.07, 6.45) is 8.05. The predicted octanol–water partition coefficient (Wildman–Crippen LogP) is 1.66. The standard InChI is InChI=1S/C19H25N5O2/c1-26-18-8-6-16(7-9-18)23-12-10-22(11-13-23)15-2-4-17(5-3-15)24-14-20-21-19(24)25/h2,4,6-9,14-15,17H,3,5,10-13H2,1H3,(H,21,25)/t15-,17-/m1/s1. The van der Waals surface area contributed by atoms with Crippen molar-refractivity contribution in [2.75, 3.05) is 38.2 Å². The molecule has 1 aliphatic heterocycles. The normalized spacial score (nSPS) is 24.0. The van der Waals surface area contributed by atoms with Gasteiger partial charge in [-0.1, -0.05) is 12.2 Å². The zero-order chi connectivity index (χ0) is 17.9. The Morgan fingerprint density at radius 1 is 1.04 bits per heavy atom. The molecule has 7 nitrogen and oxygen atoms in total. The van der Waals surface area contributed by atoms with E-state index in [2.05, 4.69) is 44.3 Å². The molecule has 1 saturated heterocycles. The van der Waals surface area contributed by atoms with Crippen molar-refractivity contribution >= 4 is 5.69 Å². The lowest BCUT2D eigenvalue weighted by Gasteiger charge is -2.40. The molecule has 2 heterocycles. The van der Waals surface area contributed by atoms with Crippen LogP contribution in [0.1, 0.15) is 18.9 Å². The number of nitrogens with one attached hydrogen (secondary N) is 1. The summed E-state index contributed by atoms with van der Waals surface area (Å²) in [5.74, 6) is 0.894. The molecule has 2 atom stereocenters. The van der Waals surface area contributed by atoms with Gasteiger partial charge in [0.25, 0.3) is 0 Å². The van der Waals surface area contributed by atoms with E-state index in [0.717, 1.165) is 44.8 Å². The number of aromatic amines is 1. The topological polar surface area (TPSA) is 66.4 Å². The zero-order valence-electron chi connectivity index (χ0n) is 15.0. The Labute approximate surface area is 152 Å². The maximum Gasteiger partial charge on any atom is 0.343 e. The molecular weight excluding hydrogens is 330 g/mol. The average Bonchev–Trinajstić information content (AvgIpc) is 3.14. The van der Waals surface area contributed by atoms with Crippen LogP contribution < -0.4 is 15.3 Å². The highest BCUT2D eigenvalue weighted by molar-refractivity contribution is 5.49. The van der Waals surface area contributed by atoms with E-state index in [9.17, 15) is 4.79 Å². The van der Waals surface area contributed by atoms with E-state index in [0.29, 0.717) is 6.04 Å². The Balaban J connectivity index is 1.33. The third-order valence-electron chi connectivity index (χ3n) is 5.47. The highest BCUT2D eigenvalue weighted by Crippen LogP contribution is 2.26. The number of hydrogen-bond donors (Lipinski definition) is 1.